The Hall–Kier alpha value is -2.07. The number of unbranched alkanes of at least 4 members (excludes halogenated alkanes) is 2. The molecule has 27 heavy (non-hydrogen) atoms. The molecule has 1 amide bonds. The van der Waals surface area contributed by atoms with E-state index in [0.717, 1.165) is 63.3 Å². The van der Waals surface area contributed by atoms with E-state index in [9.17, 15) is 4.79 Å². The quantitative estimate of drug-likeness (QED) is 0.615. The summed E-state index contributed by atoms with van der Waals surface area (Å²) in [5.74, 6) is 2.27. The average Bonchev–Trinajstić information content (AvgIpc) is 3.09. The highest BCUT2D eigenvalue weighted by atomic mass is 16.3. The summed E-state index contributed by atoms with van der Waals surface area (Å²) in [4.78, 5) is 16.7. The van der Waals surface area contributed by atoms with Gasteiger partial charge in [-0.15, -0.1) is 0 Å². The van der Waals surface area contributed by atoms with E-state index in [-0.39, 0.29) is 5.91 Å². The highest BCUT2D eigenvalue weighted by Crippen LogP contribution is 2.24. The molecule has 0 unspecified atom stereocenters. The molecule has 0 spiro atoms. The van der Waals surface area contributed by atoms with Crippen LogP contribution in [0, 0.1) is 0 Å². The van der Waals surface area contributed by atoms with Crippen LogP contribution in [0.5, 0.6) is 0 Å². The predicted octanol–water partition coefficient (Wildman–Crippen LogP) is 4.42. The molecule has 2 aromatic rings. The van der Waals surface area contributed by atoms with Crippen molar-refractivity contribution in [3.05, 3.63) is 59.0 Å². The van der Waals surface area contributed by atoms with E-state index in [1.807, 2.05) is 4.90 Å². The van der Waals surface area contributed by atoms with Crippen molar-refractivity contribution in [2.75, 3.05) is 20.1 Å². The lowest BCUT2D eigenvalue weighted by Gasteiger charge is -2.26. The van der Waals surface area contributed by atoms with Crippen LogP contribution in [0.2, 0.25) is 0 Å². The molecule has 146 valence electrons. The fourth-order valence-electron chi connectivity index (χ4n) is 3.63. The van der Waals surface area contributed by atoms with Crippen LogP contribution >= 0.6 is 0 Å². The Morgan fingerprint density at radius 1 is 1.19 bits per heavy atom. The second kappa shape index (κ2) is 9.75. The first-order valence-corrected chi connectivity index (χ1v) is 10.3. The lowest BCUT2D eigenvalue weighted by molar-refractivity contribution is -0.132. The van der Waals surface area contributed by atoms with Gasteiger partial charge in [-0.25, -0.2) is 0 Å². The lowest BCUT2D eigenvalue weighted by Crippen LogP contribution is -2.35. The van der Waals surface area contributed by atoms with Gasteiger partial charge in [0.15, 0.2) is 0 Å². The molecule has 0 bridgehead atoms. The number of nitrogens with zero attached hydrogens (tertiary/aromatic N) is 2. The maximum atomic E-state index is 12.5. The van der Waals surface area contributed by atoms with Gasteiger partial charge in [-0.3, -0.25) is 9.69 Å². The van der Waals surface area contributed by atoms with Gasteiger partial charge in [0.1, 0.15) is 11.5 Å². The van der Waals surface area contributed by atoms with Gasteiger partial charge < -0.3 is 9.32 Å². The van der Waals surface area contributed by atoms with E-state index < -0.39 is 0 Å². The van der Waals surface area contributed by atoms with Crippen LogP contribution in [0.1, 0.15) is 55.3 Å². The Bertz CT molecular complexity index is 723. The molecule has 1 aromatic heterocycles. The molecule has 4 nitrogen and oxygen atoms in total. The lowest BCUT2D eigenvalue weighted by atomic mass is 10.0. The standard InChI is InChI=1S/C23H32N2O2/c1-3-24(2)17-21-16-20-14-15-25(18-22(20)27-21)23(26)13-9-5-8-12-19-10-6-4-7-11-19/h4,6-7,10-11,16H,3,5,8-9,12-15,17-18H2,1-2H3. The zero-order valence-electron chi connectivity index (χ0n) is 16.7. The maximum absolute atomic E-state index is 12.5. The van der Waals surface area contributed by atoms with Crippen LogP contribution < -0.4 is 0 Å². The molecule has 0 N–H and O–H groups in total. The average molecular weight is 369 g/mol. The summed E-state index contributed by atoms with van der Waals surface area (Å²) < 4.78 is 6.02. The molecule has 2 heterocycles. The molecule has 0 fully saturated rings. The van der Waals surface area contributed by atoms with Crippen LogP contribution in [-0.4, -0.2) is 35.8 Å². The van der Waals surface area contributed by atoms with Crippen molar-refractivity contribution < 1.29 is 9.21 Å². The number of hydrogen-bond acceptors (Lipinski definition) is 3. The third-order valence-electron chi connectivity index (χ3n) is 5.45. The van der Waals surface area contributed by atoms with Gasteiger partial charge in [-0.05, 0) is 56.5 Å². The minimum Gasteiger partial charge on any atom is -0.463 e. The van der Waals surface area contributed by atoms with Gasteiger partial charge in [0.25, 0.3) is 0 Å². The number of rotatable bonds is 9. The van der Waals surface area contributed by atoms with E-state index in [1.54, 1.807) is 0 Å². The Morgan fingerprint density at radius 3 is 2.78 bits per heavy atom. The van der Waals surface area contributed by atoms with Crippen molar-refractivity contribution >= 4 is 5.91 Å². The molecule has 0 radical (unpaired) electrons. The molecule has 1 aliphatic rings. The third-order valence-corrected chi connectivity index (χ3v) is 5.45. The number of carbonyl (C=O) groups excluding carboxylic acids is 1. The summed E-state index contributed by atoms with van der Waals surface area (Å²) in [6.07, 6.45) is 5.88. The van der Waals surface area contributed by atoms with Gasteiger partial charge in [0, 0.05) is 13.0 Å². The third kappa shape index (κ3) is 5.70. The van der Waals surface area contributed by atoms with Gasteiger partial charge >= 0.3 is 0 Å². The van der Waals surface area contributed by atoms with E-state index >= 15 is 0 Å². The fraction of sp³-hybridized carbons (Fsp3) is 0.522. The molecule has 0 aliphatic carbocycles. The molecule has 3 rings (SSSR count). The fourth-order valence-corrected chi connectivity index (χ4v) is 3.63. The van der Waals surface area contributed by atoms with Gasteiger partial charge in [-0.1, -0.05) is 43.7 Å². The monoisotopic (exact) mass is 368 g/mol. The molecule has 0 saturated carbocycles. The molecule has 4 heteroatoms. The topological polar surface area (TPSA) is 36.7 Å². The minimum absolute atomic E-state index is 0.268. The SMILES string of the molecule is CCN(C)Cc1cc2c(o1)CN(C(=O)CCCCCc1ccccc1)CC2. The Morgan fingerprint density at radius 2 is 2.00 bits per heavy atom. The molecular formula is C23H32N2O2. The first-order chi connectivity index (χ1) is 13.2. The van der Waals surface area contributed by atoms with E-state index in [1.165, 1.54) is 11.1 Å². The zero-order chi connectivity index (χ0) is 19.1. The Labute approximate surface area is 163 Å². The van der Waals surface area contributed by atoms with Crippen molar-refractivity contribution in [1.82, 2.24) is 9.80 Å². The van der Waals surface area contributed by atoms with Crippen molar-refractivity contribution in [3.8, 4) is 0 Å². The van der Waals surface area contributed by atoms with E-state index in [2.05, 4.69) is 55.3 Å². The van der Waals surface area contributed by atoms with Crippen molar-refractivity contribution in [1.29, 1.82) is 0 Å². The Kier molecular flexibility index (Phi) is 7.11. The zero-order valence-corrected chi connectivity index (χ0v) is 16.7. The number of amides is 1. The van der Waals surface area contributed by atoms with Crippen molar-refractivity contribution in [2.24, 2.45) is 0 Å². The highest BCUT2D eigenvalue weighted by Gasteiger charge is 2.24. The summed E-state index contributed by atoms with van der Waals surface area (Å²) in [6, 6.07) is 12.7. The summed E-state index contributed by atoms with van der Waals surface area (Å²) in [6.45, 7) is 5.43. The van der Waals surface area contributed by atoms with Crippen molar-refractivity contribution in [2.45, 2.75) is 58.5 Å². The first kappa shape index (κ1) is 19.7. The molecular weight excluding hydrogens is 336 g/mol. The van der Waals surface area contributed by atoms with Crippen LogP contribution in [0.3, 0.4) is 0 Å². The number of hydrogen-bond donors (Lipinski definition) is 0. The van der Waals surface area contributed by atoms with Crippen LogP contribution in [0.15, 0.2) is 40.8 Å². The van der Waals surface area contributed by atoms with E-state index in [0.29, 0.717) is 13.0 Å². The van der Waals surface area contributed by atoms with Gasteiger partial charge in [-0.2, -0.15) is 0 Å². The normalized spacial score (nSPS) is 13.8. The maximum Gasteiger partial charge on any atom is 0.222 e. The number of fused-ring (bicyclic) bond motifs is 1. The second-order valence-corrected chi connectivity index (χ2v) is 7.60. The number of aryl methyl sites for hydroxylation is 1. The molecule has 0 saturated heterocycles. The second-order valence-electron chi connectivity index (χ2n) is 7.60. The summed E-state index contributed by atoms with van der Waals surface area (Å²) in [5.41, 5.74) is 2.66. The van der Waals surface area contributed by atoms with E-state index in [4.69, 9.17) is 4.42 Å². The smallest absolute Gasteiger partial charge is 0.222 e. The Balaban J connectivity index is 1.40. The van der Waals surface area contributed by atoms with Crippen LogP contribution in [0.25, 0.3) is 0 Å². The summed E-state index contributed by atoms with van der Waals surface area (Å²) in [5, 5.41) is 0. The van der Waals surface area contributed by atoms with Gasteiger partial charge in [0.05, 0.1) is 13.1 Å². The van der Waals surface area contributed by atoms with Crippen molar-refractivity contribution in [3.63, 3.8) is 0 Å². The number of furan rings is 1. The van der Waals surface area contributed by atoms with Crippen LogP contribution in [-0.2, 0) is 30.7 Å². The molecule has 1 aliphatic heterocycles. The summed E-state index contributed by atoms with van der Waals surface area (Å²) >= 11 is 0. The predicted molar refractivity (Wildman–Crippen MR) is 108 cm³/mol. The number of carbonyl (C=O) groups is 1. The van der Waals surface area contributed by atoms with Gasteiger partial charge in [0.2, 0.25) is 5.91 Å². The minimum atomic E-state index is 0.268. The largest absolute Gasteiger partial charge is 0.463 e. The highest BCUT2D eigenvalue weighted by molar-refractivity contribution is 5.76. The first-order valence-electron chi connectivity index (χ1n) is 10.3. The molecule has 1 aromatic carbocycles. The summed E-state index contributed by atoms with van der Waals surface area (Å²) in [7, 11) is 2.09. The number of benzene rings is 1. The molecule has 0 atom stereocenters. The van der Waals surface area contributed by atoms with Crippen LogP contribution in [0.4, 0.5) is 0 Å².